The first-order valence-electron chi connectivity index (χ1n) is 7.13. The van der Waals surface area contributed by atoms with Gasteiger partial charge in [0.1, 0.15) is 17.2 Å². The van der Waals surface area contributed by atoms with Crippen LogP contribution in [0.3, 0.4) is 0 Å². The highest BCUT2D eigenvalue weighted by Crippen LogP contribution is 2.42. The van der Waals surface area contributed by atoms with Crippen LogP contribution >= 0.6 is 0 Å². The first kappa shape index (κ1) is 15.8. The van der Waals surface area contributed by atoms with E-state index in [2.05, 4.69) is 5.32 Å². The Bertz CT molecular complexity index is 493. The number of hydrogen-bond acceptors (Lipinski definition) is 5. The molecular formula is C15H23NO5. The van der Waals surface area contributed by atoms with E-state index in [0.29, 0.717) is 6.42 Å². The molecule has 118 valence electrons. The van der Waals surface area contributed by atoms with Gasteiger partial charge in [-0.05, 0) is 46.1 Å². The number of allylic oxidation sites excluding steroid dienone is 1. The first-order chi connectivity index (χ1) is 9.56. The number of fused-ring (bicyclic) bond motifs is 1. The van der Waals surface area contributed by atoms with Gasteiger partial charge in [-0.15, -0.1) is 0 Å². The van der Waals surface area contributed by atoms with E-state index >= 15 is 0 Å². The van der Waals surface area contributed by atoms with Crippen LogP contribution in [0, 0.1) is 5.92 Å². The van der Waals surface area contributed by atoms with Crippen LogP contribution in [0.25, 0.3) is 0 Å². The number of carbonyl (C=O) groups is 2. The highest BCUT2D eigenvalue weighted by Gasteiger charge is 2.61. The SMILES string of the molecule is CC1=C[C@H]2OC(=O)[C@@H](O)[C@@]2(NC(=O)OC(C)(C)C)[C@@H](C)C1. The Balaban J connectivity index is 2.31. The largest absolute Gasteiger partial charge is 0.453 e. The fourth-order valence-corrected chi connectivity index (χ4v) is 3.08. The molecule has 1 heterocycles. The molecule has 0 radical (unpaired) electrons. The number of nitrogens with one attached hydrogen (secondary N) is 1. The fourth-order valence-electron chi connectivity index (χ4n) is 3.08. The van der Waals surface area contributed by atoms with Gasteiger partial charge in [-0.25, -0.2) is 9.59 Å². The molecule has 0 spiro atoms. The minimum Gasteiger partial charge on any atom is -0.453 e. The minimum absolute atomic E-state index is 0.151. The molecular weight excluding hydrogens is 274 g/mol. The average Bonchev–Trinajstić information content (AvgIpc) is 2.51. The monoisotopic (exact) mass is 297 g/mol. The van der Waals surface area contributed by atoms with E-state index in [-0.39, 0.29) is 5.92 Å². The van der Waals surface area contributed by atoms with Gasteiger partial charge in [0.25, 0.3) is 0 Å². The summed E-state index contributed by atoms with van der Waals surface area (Å²) >= 11 is 0. The third-order valence-electron chi connectivity index (χ3n) is 3.99. The standard InChI is InChI=1S/C15H23NO5/c1-8-6-9(2)15(16-13(19)21-14(3,4)5)10(7-8)20-12(18)11(15)17/h7,9-11,17H,6H2,1-5H3,(H,16,19)/t9-,10+,11+,15+/m0/s1. The van der Waals surface area contributed by atoms with Gasteiger partial charge in [0.2, 0.25) is 0 Å². The Morgan fingerprint density at radius 2 is 2.14 bits per heavy atom. The van der Waals surface area contributed by atoms with E-state index in [9.17, 15) is 14.7 Å². The normalized spacial score (nSPS) is 35.6. The highest BCUT2D eigenvalue weighted by atomic mass is 16.6. The molecule has 0 aromatic carbocycles. The molecule has 2 N–H and O–H groups in total. The smallest absolute Gasteiger partial charge is 0.408 e. The van der Waals surface area contributed by atoms with Crippen molar-refractivity contribution < 1.29 is 24.2 Å². The molecule has 2 rings (SSSR count). The van der Waals surface area contributed by atoms with E-state index in [1.165, 1.54) is 0 Å². The van der Waals surface area contributed by atoms with Crippen molar-refractivity contribution in [3.63, 3.8) is 0 Å². The summed E-state index contributed by atoms with van der Waals surface area (Å²) in [5, 5.41) is 13.0. The van der Waals surface area contributed by atoms with Crippen LogP contribution in [0.15, 0.2) is 11.6 Å². The molecule has 4 atom stereocenters. The second kappa shape index (κ2) is 5.02. The zero-order valence-corrected chi connectivity index (χ0v) is 13.1. The summed E-state index contributed by atoms with van der Waals surface area (Å²) in [6, 6.07) is 0. The Hall–Kier alpha value is -1.56. The van der Waals surface area contributed by atoms with Gasteiger partial charge in [-0.3, -0.25) is 0 Å². The van der Waals surface area contributed by atoms with Crippen LogP contribution in [-0.2, 0) is 14.3 Å². The van der Waals surface area contributed by atoms with E-state index in [0.717, 1.165) is 5.57 Å². The Morgan fingerprint density at radius 3 is 2.71 bits per heavy atom. The number of amides is 1. The van der Waals surface area contributed by atoms with Crippen molar-refractivity contribution in [1.29, 1.82) is 0 Å². The quantitative estimate of drug-likeness (QED) is 0.566. The molecule has 6 heteroatoms. The average molecular weight is 297 g/mol. The number of hydrogen-bond donors (Lipinski definition) is 2. The van der Waals surface area contributed by atoms with Crippen molar-refractivity contribution in [3.05, 3.63) is 11.6 Å². The van der Waals surface area contributed by atoms with Crippen molar-refractivity contribution >= 4 is 12.1 Å². The fraction of sp³-hybridized carbons (Fsp3) is 0.733. The summed E-state index contributed by atoms with van der Waals surface area (Å²) < 4.78 is 10.5. The topological polar surface area (TPSA) is 84.9 Å². The molecule has 0 aromatic heterocycles. The van der Waals surface area contributed by atoms with Gasteiger partial charge in [0.05, 0.1) is 0 Å². The number of rotatable bonds is 1. The molecule has 2 aliphatic rings. The maximum Gasteiger partial charge on any atom is 0.408 e. The third-order valence-corrected chi connectivity index (χ3v) is 3.99. The zero-order chi connectivity index (χ0) is 16.0. The molecule has 0 bridgehead atoms. The second-order valence-electron chi connectivity index (χ2n) is 6.94. The lowest BCUT2D eigenvalue weighted by molar-refractivity contribution is -0.146. The van der Waals surface area contributed by atoms with Crippen molar-refractivity contribution in [2.75, 3.05) is 0 Å². The van der Waals surface area contributed by atoms with Crippen LogP contribution in [0.5, 0.6) is 0 Å². The Kier molecular flexibility index (Phi) is 3.78. The summed E-state index contributed by atoms with van der Waals surface area (Å²) in [7, 11) is 0. The number of aliphatic hydroxyl groups excluding tert-OH is 1. The number of ether oxygens (including phenoxy) is 2. The predicted octanol–water partition coefficient (Wildman–Crippen LogP) is 1.52. The molecule has 1 fully saturated rings. The van der Waals surface area contributed by atoms with E-state index in [1.807, 2.05) is 13.8 Å². The van der Waals surface area contributed by atoms with E-state index in [1.54, 1.807) is 26.8 Å². The number of alkyl carbamates (subject to hydrolysis) is 1. The molecule has 1 amide bonds. The van der Waals surface area contributed by atoms with Crippen molar-refractivity contribution in [2.24, 2.45) is 5.92 Å². The molecule has 0 saturated carbocycles. The Labute approximate surface area is 124 Å². The van der Waals surface area contributed by atoms with Crippen molar-refractivity contribution in [3.8, 4) is 0 Å². The summed E-state index contributed by atoms with van der Waals surface area (Å²) in [4.78, 5) is 23.9. The van der Waals surface area contributed by atoms with Crippen LogP contribution in [0.2, 0.25) is 0 Å². The van der Waals surface area contributed by atoms with E-state index < -0.39 is 35.4 Å². The second-order valence-corrected chi connectivity index (χ2v) is 6.94. The molecule has 1 aliphatic carbocycles. The molecule has 0 aromatic rings. The van der Waals surface area contributed by atoms with Crippen molar-refractivity contribution in [2.45, 2.75) is 64.4 Å². The van der Waals surface area contributed by atoms with Gasteiger partial charge in [-0.1, -0.05) is 12.5 Å². The summed E-state index contributed by atoms with van der Waals surface area (Å²) in [6.07, 6.45) is -0.277. The highest BCUT2D eigenvalue weighted by molar-refractivity contribution is 5.82. The zero-order valence-electron chi connectivity index (χ0n) is 13.1. The van der Waals surface area contributed by atoms with Crippen LogP contribution in [-0.4, -0.2) is 40.5 Å². The number of aliphatic hydroxyl groups is 1. The van der Waals surface area contributed by atoms with Gasteiger partial charge in [0.15, 0.2) is 6.10 Å². The molecule has 6 nitrogen and oxygen atoms in total. The lowest BCUT2D eigenvalue weighted by Crippen LogP contribution is -2.65. The lowest BCUT2D eigenvalue weighted by Gasteiger charge is -2.42. The predicted molar refractivity (Wildman–Crippen MR) is 75.5 cm³/mol. The van der Waals surface area contributed by atoms with Crippen LogP contribution in [0.4, 0.5) is 4.79 Å². The summed E-state index contributed by atoms with van der Waals surface area (Å²) in [5.74, 6) is -0.865. The van der Waals surface area contributed by atoms with Crippen molar-refractivity contribution in [1.82, 2.24) is 5.32 Å². The third kappa shape index (κ3) is 2.77. The van der Waals surface area contributed by atoms with Gasteiger partial charge >= 0.3 is 12.1 Å². The molecule has 21 heavy (non-hydrogen) atoms. The minimum atomic E-state index is -1.39. The van der Waals surface area contributed by atoms with Crippen LogP contribution in [0.1, 0.15) is 41.0 Å². The maximum absolute atomic E-state index is 12.1. The van der Waals surface area contributed by atoms with Gasteiger partial charge in [0, 0.05) is 0 Å². The molecule has 0 unspecified atom stereocenters. The molecule has 1 saturated heterocycles. The summed E-state index contributed by atoms with van der Waals surface area (Å²) in [6.45, 7) is 9.08. The Morgan fingerprint density at radius 1 is 1.52 bits per heavy atom. The maximum atomic E-state index is 12.1. The summed E-state index contributed by atoms with van der Waals surface area (Å²) in [5.41, 5.74) is -0.760. The van der Waals surface area contributed by atoms with E-state index in [4.69, 9.17) is 9.47 Å². The van der Waals surface area contributed by atoms with Gasteiger partial charge < -0.3 is 19.9 Å². The number of carbonyl (C=O) groups excluding carboxylic acids is 2. The number of esters is 1. The van der Waals surface area contributed by atoms with Gasteiger partial charge in [-0.2, -0.15) is 0 Å². The molecule has 1 aliphatic heterocycles. The van der Waals surface area contributed by atoms with Crippen LogP contribution < -0.4 is 5.32 Å². The lowest BCUT2D eigenvalue weighted by atomic mass is 9.70. The first-order valence-corrected chi connectivity index (χ1v) is 7.13.